The summed E-state index contributed by atoms with van der Waals surface area (Å²) in [6, 6.07) is 13.9. The zero-order valence-electron chi connectivity index (χ0n) is 13.0. The summed E-state index contributed by atoms with van der Waals surface area (Å²) < 4.78 is 11.2. The first-order chi connectivity index (χ1) is 11.6. The summed E-state index contributed by atoms with van der Waals surface area (Å²) in [7, 11) is 1.57. The topological polar surface area (TPSA) is 76.7 Å². The lowest BCUT2D eigenvalue weighted by atomic mass is 10.2. The largest absolute Gasteiger partial charge is 0.490 e. The van der Waals surface area contributed by atoms with Crippen LogP contribution in [-0.4, -0.2) is 32.1 Å². The monoisotopic (exact) mass is 440 g/mol. The van der Waals surface area contributed by atoms with Crippen molar-refractivity contribution in [2.45, 2.75) is 0 Å². The number of halogens is 1. The molecule has 0 spiro atoms. The highest BCUT2D eigenvalue weighted by atomic mass is 127. The Balaban J connectivity index is 2.00. The molecule has 2 N–H and O–H groups in total. The Labute approximate surface area is 153 Å². The summed E-state index contributed by atoms with van der Waals surface area (Å²) in [5.41, 5.74) is 5.63. The van der Waals surface area contributed by atoms with E-state index in [0.29, 0.717) is 30.1 Å². The quantitative estimate of drug-likeness (QED) is 0.411. The van der Waals surface area contributed by atoms with Crippen LogP contribution in [0, 0.1) is 3.57 Å². The predicted octanol–water partition coefficient (Wildman–Crippen LogP) is 2.39. The molecular formula is C17H17IN2O4. The van der Waals surface area contributed by atoms with Crippen molar-refractivity contribution in [2.24, 2.45) is 0 Å². The van der Waals surface area contributed by atoms with Gasteiger partial charge in [-0.3, -0.25) is 20.4 Å². The third kappa shape index (κ3) is 4.93. The van der Waals surface area contributed by atoms with Gasteiger partial charge in [-0.15, -0.1) is 0 Å². The Kier molecular flexibility index (Phi) is 7.01. The van der Waals surface area contributed by atoms with Gasteiger partial charge in [0.05, 0.1) is 17.7 Å². The molecule has 6 nitrogen and oxygen atoms in total. The number of methoxy groups -OCH3 is 1. The van der Waals surface area contributed by atoms with Crippen LogP contribution in [0.4, 0.5) is 0 Å². The second-order valence-electron chi connectivity index (χ2n) is 4.73. The van der Waals surface area contributed by atoms with Crippen LogP contribution in [0.15, 0.2) is 48.5 Å². The molecule has 0 aliphatic carbocycles. The SMILES string of the molecule is COCCOc1ccccc1C(=O)NNC(=O)c1ccccc1I. The number of para-hydroxylation sites is 1. The lowest BCUT2D eigenvalue weighted by Crippen LogP contribution is -2.42. The fraction of sp³-hybridized carbons (Fsp3) is 0.176. The fourth-order valence-corrected chi connectivity index (χ4v) is 2.54. The van der Waals surface area contributed by atoms with Crippen LogP contribution in [0.5, 0.6) is 5.75 Å². The summed E-state index contributed by atoms with van der Waals surface area (Å²) >= 11 is 2.06. The highest BCUT2D eigenvalue weighted by molar-refractivity contribution is 14.1. The summed E-state index contributed by atoms with van der Waals surface area (Å²) in [6.07, 6.45) is 0. The molecule has 0 saturated carbocycles. The molecule has 2 aromatic carbocycles. The molecule has 0 aliphatic heterocycles. The van der Waals surface area contributed by atoms with Gasteiger partial charge in [-0.05, 0) is 46.9 Å². The molecule has 0 saturated heterocycles. The third-order valence-corrected chi connectivity index (χ3v) is 4.03. The molecule has 126 valence electrons. The number of hydrogen-bond acceptors (Lipinski definition) is 4. The fourth-order valence-electron chi connectivity index (χ4n) is 1.91. The molecule has 0 atom stereocenters. The molecule has 2 amide bonds. The first-order valence-corrected chi connectivity index (χ1v) is 8.27. The second-order valence-corrected chi connectivity index (χ2v) is 5.89. The first kappa shape index (κ1) is 18.2. The Morgan fingerprint density at radius 3 is 2.17 bits per heavy atom. The van der Waals surface area contributed by atoms with Crippen LogP contribution in [0.3, 0.4) is 0 Å². The Morgan fingerprint density at radius 2 is 1.50 bits per heavy atom. The van der Waals surface area contributed by atoms with Crippen LogP contribution in [0.25, 0.3) is 0 Å². The first-order valence-electron chi connectivity index (χ1n) is 7.19. The summed E-state index contributed by atoms with van der Waals surface area (Å²) in [4.78, 5) is 24.4. The van der Waals surface area contributed by atoms with E-state index in [1.54, 1.807) is 43.5 Å². The molecule has 0 bridgehead atoms. The van der Waals surface area contributed by atoms with E-state index in [1.165, 1.54) is 0 Å². The molecule has 0 heterocycles. The zero-order chi connectivity index (χ0) is 17.4. The van der Waals surface area contributed by atoms with Crippen molar-refractivity contribution in [3.05, 3.63) is 63.2 Å². The van der Waals surface area contributed by atoms with Gasteiger partial charge in [-0.25, -0.2) is 0 Å². The third-order valence-electron chi connectivity index (χ3n) is 3.08. The average molecular weight is 440 g/mol. The molecule has 0 radical (unpaired) electrons. The number of amides is 2. The van der Waals surface area contributed by atoms with Crippen molar-refractivity contribution in [3.8, 4) is 5.75 Å². The number of hydrazine groups is 1. The van der Waals surface area contributed by atoms with E-state index in [2.05, 4.69) is 33.4 Å². The molecule has 2 rings (SSSR count). The van der Waals surface area contributed by atoms with Gasteiger partial charge in [0.2, 0.25) is 0 Å². The maximum absolute atomic E-state index is 12.3. The second kappa shape index (κ2) is 9.24. The molecular weight excluding hydrogens is 423 g/mol. The van der Waals surface area contributed by atoms with Crippen molar-refractivity contribution < 1.29 is 19.1 Å². The van der Waals surface area contributed by atoms with E-state index in [1.807, 2.05) is 12.1 Å². The minimum Gasteiger partial charge on any atom is -0.490 e. The lowest BCUT2D eigenvalue weighted by Gasteiger charge is -2.12. The van der Waals surface area contributed by atoms with Gasteiger partial charge in [0.25, 0.3) is 11.8 Å². The van der Waals surface area contributed by atoms with Crippen molar-refractivity contribution >= 4 is 34.4 Å². The predicted molar refractivity (Wildman–Crippen MR) is 97.9 cm³/mol. The number of rotatable bonds is 6. The number of nitrogens with one attached hydrogen (secondary N) is 2. The summed E-state index contributed by atoms with van der Waals surface area (Å²) in [6.45, 7) is 0.745. The molecule has 24 heavy (non-hydrogen) atoms. The van der Waals surface area contributed by atoms with Gasteiger partial charge in [0.15, 0.2) is 0 Å². The number of benzene rings is 2. The van der Waals surface area contributed by atoms with E-state index >= 15 is 0 Å². The van der Waals surface area contributed by atoms with Crippen LogP contribution in [0.1, 0.15) is 20.7 Å². The highest BCUT2D eigenvalue weighted by Crippen LogP contribution is 2.17. The van der Waals surface area contributed by atoms with Crippen LogP contribution in [-0.2, 0) is 4.74 Å². The highest BCUT2D eigenvalue weighted by Gasteiger charge is 2.14. The number of carbonyl (C=O) groups excluding carboxylic acids is 2. The Morgan fingerprint density at radius 1 is 0.917 bits per heavy atom. The molecule has 7 heteroatoms. The number of ether oxygens (including phenoxy) is 2. The molecule has 0 aromatic heterocycles. The normalized spacial score (nSPS) is 10.1. The Bertz CT molecular complexity index is 721. The lowest BCUT2D eigenvalue weighted by molar-refractivity contribution is 0.0842. The van der Waals surface area contributed by atoms with Gasteiger partial charge < -0.3 is 9.47 Å². The minimum atomic E-state index is -0.456. The van der Waals surface area contributed by atoms with Gasteiger partial charge in [0, 0.05) is 10.7 Å². The van der Waals surface area contributed by atoms with Crippen molar-refractivity contribution in [3.63, 3.8) is 0 Å². The smallest absolute Gasteiger partial charge is 0.273 e. The van der Waals surface area contributed by atoms with E-state index in [4.69, 9.17) is 9.47 Å². The van der Waals surface area contributed by atoms with Crippen LogP contribution in [0.2, 0.25) is 0 Å². The van der Waals surface area contributed by atoms with E-state index in [9.17, 15) is 9.59 Å². The van der Waals surface area contributed by atoms with E-state index < -0.39 is 5.91 Å². The summed E-state index contributed by atoms with van der Waals surface area (Å²) in [5.74, 6) is -0.413. The number of hydrogen-bond donors (Lipinski definition) is 2. The van der Waals surface area contributed by atoms with Gasteiger partial charge in [-0.1, -0.05) is 24.3 Å². The zero-order valence-corrected chi connectivity index (χ0v) is 15.2. The van der Waals surface area contributed by atoms with Crippen LogP contribution >= 0.6 is 22.6 Å². The standard InChI is InChI=1S/C17H17IN2O4/c1-23-10-11-24-15-9-5-3-7-13(15)17(22)20-19-16(21)12-6-2-4-8-14(12)18/h2-9H,10-11H2,1H3,(H,19,21)(H,20,22). The van der Waals surface area contributed by atoms with Gasteiger partial charge >= 0.3 is 0 Å². The maximum atomic E-state index is 12.3. The minimum absolute atomic E-state index is 0.329. The van der Waals surface area contributed by atoms with Crippen molar-refractivity contribution in [2.75, 3.05) is 20.3 Å². The number of carbonyl (C=O) groups is 2. The maximum Gasteiger partial charge on any atom is 0.273 e. The van der Waals surface area contributed by atoms with E-state index in [0.717, 1.165) is 3.57 Å². The molecule has 0 fully saturated rings. The van der Waals surface area contributed by atoms with Crippen LogP contribution < -0.4 is 15.6 Å². The van der Waals surface area contributed by atoms with Gasteiger partial charge in [0.1, 0.15) is 12.4 Å². The molecule has 0 unspecified atom stereocenters. The molecule has 0 aliphatic rings. The Hall–Kier alpha value is -2.13. The van der Waals surface area contributed by atoms with E-state index in [-0.39, 0.29) is 5.91 Å². The molecule has 2 aromatic rings. The van der Waals surface area contributed by atoms with Crippen molar-refractivity contribution in [1.82, 2.24) is 10.9 Å². The van der Waals surface area contributed by atoms with Crippen molar-refractivity contribution in [1.29, 1.82) is 0 Å². The summed E-state index contributed by atoms with van der Waals surface area (Å²) in [5, 5.41) is 0. The average Bonchev–Trinajstić information content (AvgIpc) is 2.60. The van der Waals surface area contributed by atoms with Gasteiger partial charge in [-0.2, -0.15) is 0 Å².